The lowest BCUT2D eigenvalue weighted by molar-refractivity contribution is -0.384. The minimum atomic E-state index is -0.420. The molecule has 0 aromatic heterocycles. The normalized spacial score (nSPS) is 11.3. The summed E-state index contributed by atoms with van der Waals surface area (Å²) in [6.45, 7) is 3.54. The Morgan fingerprint density at radius 3 is 2.67 bits per heavy atom. The molecule has 0 N–H and O–H groups in total. The first kappa shape index (κ1) is 11.2. The Labute approximate surface area is 87.5 Å². The number of nitrogens with zero attached hydrogens (tertiary/aromatic N) is 2. The molecule has 0 unspecified atom stereocenters. The second kappa shape index (κ2) is 4.54. The van der Waals surface area contributed by atoms with Crippen LogP contribution in [0.1, 0.15) is 18.1 Å². The Morgan fingerprint density at radius 2 is 2.13 bits per heavy atom. The number of non-ortho nitro benzene ring substituents is 1. The number of nitro benzene ring substituents is 1. The van der Waals surface area contributed by atoms with Gasteiger partial charge in [0.25, 0.3) is 5.69 Å². The Morgan fingerprint density at radius 1 is 1.47 bits per heavy atom. The van der Waals surface area contributed by atoms with Crippen molar-refractivity contribution in [3.63, 3.8) is 0 Å². The molecule has 0 atom stereocenters. The number of benzene rings is 1. The van der Waals surface area contributed by atoms with Gasteiger partial charge in [-0.15, -0.1) is 0 Å². The van der Waals surface area contributed by atoms with Crippen LogP contribution < -0.4 is 0 Å². The standard InChI is InChI=1S/C10H12N2O3/c1-7-4-9(8(2)11-15-3)6-10(5-7)12(13)14/h4-6H,1-3H3/b11-8+. The molecule has 15 heavy (non-hydrogen) atoms. The number of rotatable bonds is 3. The summed E-state index contributed by atoms with van der Waals surface area (Å²) in [5.41, 5.74) is 2.20. The second-order valence-corrected chi connectivity index (χ2v) is 3.17. The van der Waals surface area contributed by atoms with Crippen molar-refractivity contribution in [2.45, 2.75) is 13.8 Å². The highest BCUT2D eigenvalue weighted by molar-refractivity contribution is 5.99. The molecule has 0 saturated carbocycles. The lowest BCUT2D eigenvalue weighted by atomic mass is 10.1. The van der Waals surface area contributed by atoms with Crippen LogP contribution in [-0.2, 0) is 4.84 Å². The van der Waals surface area contributed by atoms with Crippen molar-refractivity contribution < 1.29 is 9.76 Å². The SMILES string of the molecule is CO/N=C(\C)c1cc(C)cc([N+](=O)[O-])c1. The minimum absolute atomic E-state index is 0.0654. The maximum atomic E-state index is 10.6. The van der Waals surface area contributed by atoms with Crippen LogP contribution in [0.2, 0.25) is 0 Å². The van der Waals surface area contributed by atoms with Gasteiger partial charge in [-0.05, 0) is 25.5 Å². The number of hydrogen-bond donors (Lipinski definition) is 0. The van der Waals surface area contributed by atoms with Gasteiger partial charge < -0.3 is 4.84 Å². The van der Waals surface area contributed by atoms with Crippen molar-refractivity contribution in [2.75, 3.05) is 7.11 Å². The van der Waals surface area contributed by atoms with Crippen LogP contribution in [0, 0.1) is 17.0 Å². The van der Waals surface area contributed by atoms with Gasteiger partial charge in [0.2, 0.25) is 0 Å². The van der Waals surface area contributed by atoms with Crippen molar-refractivity contribution >= 4 is 11.4 Å². The van der Waals surface area contributed by atoms with Crippen LogP contribution in [0.5, 0.6) is 0 Å². The molecule has 5 heteroatoms. The molecule has 0 aliphatic heterocycles. The zero-order valence-electron chi connectivity index (χ0n) is 8.85. The van der Waals surface area contributed by atoms with E-state index in [9.17, 15) is 10.1 Å². The molecule has 0 amide bonds. The summed E-state index contributed by atoms with van der Waals surface area (Å²) in [4.78, 5) is 14.8. The third-order valence-corrected chi connectivity index (χ3v) is 1.92. The summed E-state index contributed by atoms with van der Waals surface area (Å²) in [7, 11) is 1.44. The van der Waals surface area contributed by atoms with E-state index in [0.717, 1.165) is 5.56 Å². The van der Waals surface area contributed by atoms with Crippen molar-refractivity contribution in [3.8, 4) is 0 Å². The third kappa shape index (κ3) is 2.77. The summed E-state index contributed by atoms with van der Waals surface area (Å²) < 4.78 is 0. The lowest BCUT2D eigenvalue weighted by Crippen LogP contribution is -1.98. The van der Waals surface area contributed by atoms with Gasteiger partial charge in [-0.3, -0.25) is 10.1 Å². The molecule has 1 aromatic rings. The first-order valence-corrected chi connectivity index (χ1v) is 4.39. The number of hydrogen-bond acceptors (Lipinski definition) is 4. The van der Waals surface area contributed by atoms with Crippen LogP contribution in [0.15, 0.2) is 23.4 Å². The first-order valence-electron chi connectivity index (χ1n) is 4.39. The fraction of sp³-hybridized carbons (Fsp3) is 0.300. The molecule has 0 radical (unpaired) electrons. The molecule has 0 aliphatic rings. The quantitative estimate of drug-likeness (QED) is 0.434. The van der Waals surface area contributed by atoms with E-state index in [1.165, 1.54) is 19.2 Å². The lowest BCUT2D eigenvalue weighted by Gasteiger charge is -2.01. The molecule has 5 nitrogen and oxygen atoms in total. The summed E-state index contributed by atoms with van der Waals surface area (Å²) in [6.07, 6.45) is 0. The Bertz CT molecular complexity index is 413. The molecule has 0 saturated heterocycles. The molecule has 1 rings (SSSR count). The zero-order chi connectivity index (χ0) is 11.4. The van der Waals surface area contributed by atoms with Crippen LogP contribution >= 0.6 is 0 Å². The highest BCUT2D eigenvalue weighted by atomic mass is 16.6. The fourth-order valence-electron chi connectivity index (χ4n) is 1.27. The van der Waals surface area contributed by atoms with E-state index in [2.05, 4.69) is 9.99 Å². The summed E-state index contributed by atoms with van der Waals surface area (Å²) in [6, 6.07) is 4.82. The van der Waals surface area contributed by atoms with Crippen molar-refractivity contribution in [3.05, 3.63) is 39.4 Å². The molecule has 0 bridgehead atoms. The minimum Gasteiger partial charge on any atom is -0.399 e. The highest BCUT2D eigenvalue weighted by Gasteiger charge is 2.09. The van der Waals surface area contributed by atoms with Gasteiger partial charge in [-0.25, -0.2) is 0 Å². The summed E-state index contributed by atoms with van der Waals surface area (Å²) in [5.74, 6) is 0. The molecule has 1 aromatic carbocycles. The second-order valence-electron chi connectivity index (χ2n) is 3.17. The van der Waals surface area contributed by atoms with Gasteiger partial charge in [-0.2, -0.15) is 0 Å². The van der Waals surface area contributed by atoms with E-state index in [1.54, 1.807) is 13.8 Å². The van der Waals surface area contributed by atoms with Gasteiger partial charge in [-0.1, -0.05) is 5.16 Å². The molecular formula is C10H12N2O3. The molecule has 0 aliphatic carbocycles. The fourth-order valence-corrected chi connectivity index (χ4v) is 1.27. The smallest absolute Gasteiger partial charge is 0.270 e. The van der Waals surface area contributed by atoms with Crippen molar-refractivity contribution in [2.24, 2.45) is 5.16 Å². The van der Waals surface area contributed by atoms with Crippen LogP contribution in [0.3, 0.4) is 0 Å². The average molecular weight is 208 g/mol. The van der Waals surface area contributed by atoms with E-state index in [0.29, 0.717) is 11.3 Å². The maximum Gasteiger partial charge on any atom is 0.270 e. The topological polar surface area (TPSA) is 64.7 Å². The van der Waals surface area contributed by atoms with E-state index < -0.39 is 4.92 Å². The Balaban J connectivity index is 3.20. The van der Waals surface area contributed by atoms with E-state index in [4.69, 9.17) is 0 Å². The maximum absolute atomic E-state index is 10.6. The first-order chi connectivity index (χ1) is 7.04. The summed E-state index contributed by atoms with van der Waals surface area (Å²) >= 11 is 0. The largest absolute Gasteiger partial charge is 0.399 e. The van der Waals surface area contributed by atoms with Crippen LogP contribution in [0.25, 0.3) is 0 Å². The van der Waals surface area contributed by atoms with Crippen molar-refractivity contribution in [1.82, 2.24) is 0 Å². The predicted molar refractivity (Wildman–Crippen MR) is 57.1 cm³/mol. The van der Waals surface area contributed by atoms with Crippen LogP contribution in [0.4, 0.5) is 5.69 Å². The monoisotopic (exact) mass is 208 g/mol. The average Bonchev–Trinajstić information content (AvgIpc) is 2.17. The predicted octanol–water partition coefficient (Wildman–Crippen LogP) is 2.27. The third-order valence-electron chi connectivity index (χ3n) is 1.92. The summed E-state index contributed by atoms with van der Waals surface area (Å²) in [5, 5.41) is 14.4. The molecular weight excluding hydrogens is 196 g/mol. The highest BCUT2D eigenvalue weighted by Crippen LogP contribution is 2.17. The van der Waals surface area contributed by atoms with E-state index in [1.807, 2.05) is 6.07 Å². The van der Waals surface area contributed by atoms with E-state index >= 15 is 0 Å². The molecule has 0 heterocycles. The van der Waals surface area contributed by atoms with Crippen molar-refractivity contribution in [1.29, 1.82) is 0 Å². The molecule has 0 fully saturated rings. The number of aryl methyl sites for hydroxylation is 1. The number of oxime groups is 1. The van der Waals surface area contributed by atoms with Gasteiger partial charge >= 0.3 is 0 Å². The number of nitro groups is 1. The van der Waals surface area contributed by atoms with Gasteiger partial charge in [0, 0.05) is 17.7 Å². The Kier molecular flexibility index (Phi) is 3.38. The van der Waals surface area contributed by atoms with E-state index in [-0.39, 0.29) is 5.69 Å². The van der Waals surface area contributed by atoms with Gasteiger partial charge in [0.15, 0.2) is 0 Å². The van der Waals surface area contributed by atoms with Gasteiger partial charge in [0.05, 0.1) is 10.6 Å². The Hall–Kier alpha value is -1.91. The zero-order valence-corrected chi connectivity index (χ0v) is 8.85. The molecule has 0 spiro atoms. The van der Waals surface area contributed by atoms with Crippen LogP contribution in [-0.4, -0.2) is 17.7 Å². The molecule has 80 valence electrons. The van der Waals surface area contributed by atoms with Gasteiger partial charge in [0.1, 0.15) is 7.11 Å².